The van der Waals surface area contributed by atoms with Crippen LogP contribution in [-0.2, 0) is 11.2 Å². The molecule has 5 heteroatoms. The average molecular weight is 289 g/mol. The van der Waals surface area contributed by atoms with Crippen molar-refractivity contribution in [3.05, 3.63) is 35.3 Å². The van der Waals surface area contributed by atoms with Gasteiger partial charge < -0.3 is 10.1 Å². The van der Waals surface area contributed by atoms with Crippen LogP contribution >= 0.6 is 0 Å². The van der Waals surface area contributed by atoms with E-state index >= 15 is 0 Å². The predicted molar refractivity (Wildman–Crippen MR) is 82.8 cm³/mol. The maximum atomic E-state index is 12.4. The molecule has 0 radical (unpaired) electrons. The zero-order valence-electron chi connectivity index (χ0n) is 13.0. The van der Waals surface area contributed by atoms with E-state index in [1.165, 1.54) is 0 Å². The highest BCUT2D eigenvalue weighted by molar-refractivity contribution is 5.94. The number of aryl methyl sites for hydroxylation is 2. The Hall–Kier alpha value is -1.88. The summed E-state index contributed by atoms with van der Waals surface area (Å²) in [5.74, 6) is -0.0697. The van der Waals surface area contributed by atoms with Crippen molar-refractivity contribution in [2.75, 3.05) is 19.8 Å². The molecule has 0 aliphatic heterocycles. The quantitative estimate of drug-likeness (QED) is 0.796. The van der Waals surface area contributed by atoms with Gasteiger partial charge in [-0.2, -0.15) is 0 Å². The molecule has 21 heavy (non-hydrogen) atoms. The summed E-state index contributed by atoms with van der Waals surface area (Å²) < 4.78 is 7.13. The molecular formula is C16H23N3O2. The normalized spacial score (nSPS) is 11.0. The standard InChI is InChI=1S/C16H23N3O2/c1-4-13-15(16(20)17-8-6-10-21-5-2)19-9-7-12(3)11-14(19)18-13/h7,9,11H,4-6,8,10H2,1-3H3,(H,17,20). The van der Waals surface area contributed by atoms with Gasteiger partial charge in [0.15, 0.2) is 0 Å². The number of fused-ring (bicyclic) bond motifs is 1. The lowest BCUT2D eigenvalue weighted by molar-refractivity contribution is 0.0937. The fraction of sp³-hybridized carbons (Fsp3) is 0.500. The molecule has 0 atom stereocenters. The highest BCUT2D eigenvalue weighted by Crippen LogP contribution is 2.14. The molecule has 0 aliphatic rings. The summed E-state index contributed by atoms with van der Waals surface area (Å²) in [5, 5.41) is 2.95. The van der Waals surface area contributed by atoms with Gasteiger partial charge in [0.2, 0.25) is 0 Å². The molecule has 0 saturated carbocycles. The number of nitrogens with one attached hydrogen (secondary N) is 1. The molecule has 2 aromatic rings. The molecule has 0 fully saturated rings. The Kier molecular flexibility index (Phi) is 5.33. The number of carbonyl (C=O) groups is 1. The summed E-state index contributed by atoms with van der Waals surface area (Å²) in [6.45, 7) is 7.99. The number of rotatable bonds is 7. The monoisotopic (exact) mass is 289 g/mol. The van der Waals surface area contributed by atoms with Crippen LogP contribution in [-0.4, -0.2) is 35.1 Å². The summed E-state index contributed by atoms with van der Waals surface area (Å²) >= 11 is 0. The molecule has 2 aromatic heterocycles. The maximum Gasteiger partial charge on any atom is 0.270 e. The summed E-state index contributed by atoms with van der Waals surface area (Å²) in [6.07, 6.45) is 3.46. The number of nitrogens with zero attached hydrogens (tertiary/aromatic N) is 2. The minimum Gasteiger partial charge on any atom is -0.382 e. The maximum absolute atomic E-state index is 12.4. The Morgan fingerprint density at radius 3 is 2.95 bits per heavy atom. The molecule has 0 saturated heterocycles. The number of pyridine rings is 1. The van der Waals surface area contributed by atoms with E-state index < -0.39 is 0 Å². The first kappa shape index (κ1) is 15.5. The molecule has 1 amide bonds. The number of carbonyl (C=O) groups excluding carboxylic acids is 1. The van der Waals surface area contributed by atoms with Crippen molar-refractivity contribution in [3.63, 3.8) is 0 Å². The van der Waals surface area contributed by atoms with Crippen molar-refractivity contribution in [1.29, 1.82) is 0 Å². The van der Waals surface area contributed by atoms with E-state index in [-0.39, 0.29) is 5.91 Å². The SMILES string of the molecule is CCOCCCNC(=O)c1c(CC)nc2cc(C)ccn12. The highest BCUT2D eigenvalue weighted by atomic mass is 16.5. The minimum absolute atomic E-state index is 0.0697. The fourth-order valence-corrected chi connectivity index (χ4v) is 2.29. The fourth-order valence-electron chi connectivity index (χ4n) is 2.29. The van der Waals surface area contributed by atoms with Crippen LogP contribution < -0.4 is 5.32 Å². The van der Waals surface area contributed by atoms with E-state index in [0.717, 1.165) is 29.7 Å². The Morgan fingerprint density at radius 2 is 2.24 bits per heavy atom. The first-order valence-corrected chi connectivity index (χ1v) is 7.50. The Bertz CT molecular complexity index is 619. The summed E-state index contributed by atoms with van der Waals surface area (Å²) in [5.41, 5.74) is 3.44. The first-order valence-electron chi connectivity index (χ1n) is 7.50. The lowest BCUT2D eigenvalue weighted by Crippen LogP contribution is -2.27. The van der Waals surface area contributed by atoms with Gasteiger partial charge in [-0.3, -0.25) is 9.20 Å². The number of hydrogen-bond donors (Lipinski definition) is 1. The second-order valence-corrected chi connectivity index (χ2v) is 5.00. The number of imidazole rings is 1. The van der Waals surface area contributed by atoms with Crippen molar-refractivity contribution in [2.45, 2.75) is 33.6 Å². The molecular weight excluding hydrogens is 266 g/mol. The van der Waals surface area contributed by atoms with Crippen LogP contribution in [0.2, 0.25) is 0 Å². The lowest BCUT2D eigenvalue weighted by atomic mass is 10.2. The molecule has 0 aromatic carbocycles. The van der Waals surface area contributed by atoms with Gasteiger partial charge in [0.05, 0.1) is 5.69 Å². The average Bonchev–Trinajstić information content (AvgIpc) is 2.84. The van der Waals surface area contributed by atoms with Gasteiger partial charge in [-0.1, -0.05) is 6.92 Å². The third-order valence-corrected chi connectivity index (χ3v) is 3.36. The van der Waals surface area contributed by atoms with E-state index in [2.05, 4.69) is 10.3 Å². The van der Waals surface area contributed by atoms with Gasteiger partial charge >= 0.3 is 0 Å². The van der Waals surface area contributed by atoms with E-state index in [9.17, 15) is 4.79 Å². The van der Waals surface area contributed by atoms with E-state index in [4.69, 9.17) is 4.74 Å². The van der Waals surface area contributed by atoms with Crippen LogP contribution in [0.5, 0.6) is 0 Å². The minimum atomic E-state index is -0.0697. The molecule has 5 nitrogen and oxygen atoms in total. The van der Waals surface area contributed by atoms with Gasteiger partial charge in [0.25, 0.3) is 5.91 Å². The van der Waals surface area contributed by atoms with Gasteiger partial charge in [-0.25, -0.2) is 4.98 Å². The number of ether oxygens (including phenoxy) is 1. The van der Waals surface area contributed by atoms with Crippen LogP contribution in [0.3, 0.4) is 0 Å². The summed E-state index contributed by atoms with van der Waals surface area (Å²) in [4.78, 5) is 17.0. The Labute approximate surface area is 125 Å². The molecule has 1 N–H and O–H groups in total. The van der Waals surface area contributed by atoms with Crippen molar-refractivity contribution in [1.82, 2.24) is 14.7 Å². The van der Waals surface area contributed by atoms with Gasteiger partial charge in [-0.15, -0.1) is 0 Å². The third-order valence-electron chi connectivity index (χ3n) is 3.36. The second kappa shape index (κ2) is 7.22. The van der Waals surface area contributed by atoms with E-state index in [1.807, 2.05) is 43.5 Å². The zero-order valence-corrected chi connectivity index (χ0v) is 13.0. The predicted octanol–water partition coefficient (Wildman–Crippen LogP) is 2.36. The summed E-state index contributed by atoms with van der Waals surface area (Å²) in [6, 6.07) is 3.98. The Balaban J connectivity index is 2.14. The lowest BCUT2D eigenvalue weighted by Gasteiger charge is -2.07. The van der Waals surface area contributed by atoms with E-state index in [1.54, 1.807) is 0 Å². The number of aromatic nitrogens is 2. The topological polar surface area (TPSA) is 55.6 Å². The molecule has 114 valence electrons. The molecule has 2 heterocycles. The van der Waals surface area contributed by atoms with Crippen LogP contribution in [0.1, 0.15) is 42.0 Å². The first-order chi connectivity index (χ1) is 10.2. The molecule has 2 rings (SSSR count). The Morgan fingerprint density at radius 1 is 1.43 bits per heavy atom. The summed E-state index contributed by atoms with van der Waals surface area (Å²) in [7, 11) is 0. The zero-order chi connectivity index (χ0) is 15.2. The number of hydrogen-bond acceptors (Lipinski definition) is 3. The van der Waals surface area contributed by atoms with Crippen LogP contribution in [0.25, 0.3) is 5.65 Å². The molecule has 0 aliphatic carbocycles. The molecule has 0 unspecified atom stereocenters. The highest BCUT2D eigenvalue weighted by Gasteiger charge is 2.17. The van der Waals surface area contributed by atoms with Gasteiger partial charge in [-0.05, 0) is 44.4 Å². The third kappa shape index (κ3) is 3.61. The van der Waals surface area contributed by atoms with Crippen LogP contribution in [0, 0.1) is 6.92 Å². The van der Waals surface area contributed by atoms with Gasteiger partial charge in [0, 0.05) is 26.0 Å². The van der Waals surface area contributed by atoms with Gasteiger partial charge in [0.1, 0.15) is 11.3 Å². The van der Waals surface area contributed by atoms with E-state index in [0.29, 0.717) is 25.5 Å². The molecule has 0 spiro atoms. The van der Waals surface area contributed by atoms with Crippen molar-refractivity contribution >= 4 is 11.6 Å². The van der Waals surface area contributed by atoms with Crippen molar-refractivity contribution in [3.8, 4) is 0 Å². The number of amides is 1. The largest absolute Gasteiger partial charge is 0.382 e. The van der Waals surface area contributed by atoms with Crippen LogP contribution in [0.4, 0.5) is 0 Å². The van der Waals surface area contributed by atoms with Crippen LogP contribution in [0.15, 0.2) is 18.3 Å². The second-order valence-electron chi connectivity index (χ2n) is 5.00. The molecule has 0 bridgehead atoms. The van der Waals surface area contributed by atoms with Crippen molar-refractivity contribution in [2.24, 2.45) is 0 Å². The smallest absolute Gasteiger partial charge is 0.270 e. The van der Waals surface area contributed by atoms with Crippen molar-refractivity contribution < 1.29 is 9.53 Å².